The highest BCUT2D eigenvalue weighted by Crippen LogP contribution is 2.40. The number of hydrogen-bond acceptors (Lipinski definition) is 4. The van der Waals surface area contributed by atoms with E-state index in [1.165, 1.54) is 11.6 Å². The number of ether oxygens (including phenoxy) is 3. The molecule has 0 radical (unpaired) electrons. The van der Waals surface area contributed by atoms with Crippen molar-refractivity contribution in [1.29, 1.82) is 0 Å². The highest BCUT2D eigenvalue weighted by atomic mass is 16.6. The Morgan fingerprint density at radius 1 is 1.20 bits per heavy atom. The molecule has 1 aliphatic rings. The molecule has 0 aliphatic carbocycles. The number of carbonyl (C=O) groups excluding carboxylic acids is 1. The molecule has 1 N–H and O–H groups in total. The van der Waals surface area contributed by atoms with Gasteiger partial charge in [-0.3, -0.25) is 4.79 Å². The Hall–Kier alpha value is -2.95. The van der Waals surface area contributed by atoms with Crippen LogP contribution in [0.1, 0.15) is 16.7 Å². The molecule has 0 aromatic heterocycles. The van der Waals surface area contributed by atoms with E-state index in [2.05, 4.69) is 5.32 Å². The van der Waals surface area contributed by atoms with Crippen LogP contribution < -0.4 is 19.5 Å². The van der Waals surface area contributed by atoms with Gasteiger partial charge in [-0.25, -0.2) is 0 Å². The molecule has 5 heteroatoms. The number of rotatable bonds is 5. The molecule has 0 atom stereocenters. The molecule has 0 unspecified atom stereocenters. The molecule has 0 bridgehead atoms. The van der Waals surface area contributed by atoms with Gasteiger partial charge in [-0.1, -0.05) is 29.8 Å². The van der Waals surface area contributed by atoms with Crippen LogP contribution in [0, 0.1) is 6.92 Å². The van der Waals surface area contributed by atoms with Crippen LogP contribution in [0.3, 0.4) is 0 Å². The number of nitrogens with one attached hydrogen (secondary N) is 1. The maximum absolute atomic E-state index is 12.0. The summed E-state index contributed by atoms with van der Waals surface area (Å²) in [6.45, 7) is 3.53. The second-order valence-corrected chi connectivity index (χ2v) is 5.78. The first kappa shape index (κ1) is 16.9. The van der Waals surface area contributed by atoms with E-state index in [1.807, 2.05) is 43.3 Å². The van der Waals surface area contributed by atoms with Gasteiger partial charge in [-0.2, -0.15) is 0 Å². The van der Waals surface area contributed by atoms with Gasteiger partial charge < -0.3 is 19.5 Å². The van der Waals surface area contributed by atoms with E-state index < -0.39 is 0 Å². The SMILES string of the molecule is COc1cc(/C=C/C(=O)NCc2ccc(C)cc2)cc2c1OCCO2. The van der Waals surface area contributed by atoms with Crippen LogP contribution >= 0.6 is 0 Å². The highest BCUT2D eigenvalue weighted by Gasteiger charge is 2.17. The van der Waals surface area contributed by atoms with E-state index in [9.17, 15) is 4.79 Å². The van der Waals surface area contributed by atoms with E-state index in [1.54, 1.807) is 13.2 Å². The van der Waals surface area contributed by atoms with Crippen molar-refractivity contribution in [1.82, 2.24) is 5.32 Å². The topological polar surface area (TPSA) is 56.8 Å². The van der Waals surface area contributed by atoms with Gasteiger partial charge in [-0.15, -0.1) is 0 Å². The fourth-order valence-corrected chi connectivity index (χ4v) is 2.52. The molecule has 2 aromatic rings. The molecule has 3 rings (SSSR count). The summed E-state index contributed by atoms with van der Waals surface area (Å²) >= 11 is 0. The molecule has 0 fully saturated rings. The van der Waals surface area contributed by atoms with Crippen LogP contribution in [0.2, 0.25) is 0 Å². The summed E-state index contributed by atoms with van der Waals surface area (Å²) in [7, 11) is 1.58. The second-order valence-electron chi connectivity index (χ2n) is 5.78. The molecule has 0 saturated heterocycles. The molecule has 130 valence electrons. The second kappa shape index (κ2) is 7.75. The van der Waals surface area contributed by atoms with Crippen molar-refractivity contribution in [2.24, 2.45) is 0 Å². The lowest BCUT2D eigenvalue weighted by molar-refractivity contribution is -0.116. The van der Waals surface area contributed by atoms with Crippen LogP contribution in [-0.2, 0) is 11.3 Å². The standard InChI is InChI=1S/C20H21NO4/c1-14-3-5-15(6-4-14)13-21-19(22)8-7-16-11-17(23-2)20-18(12-16)24-9-10-25-20/h3-8,11-12H,9-10,13H2,1-2H3,(H,21,22)/b8-7+. The lowest BCUT2D eigenvalue weighted by Crippen LogP contribution is -2.20. The predicted molar refractivity (Wildman–Crippen MR) is 96.0 cm³/mol. The van der Waals surface area contributed by atoms with Gasteiger partial charge in [-0.05, 0) is 36.3 Å². The lowest BCUT2D eigenvalue weighted by Gasteiger charge is -2.20. The number of aryl methyl sites for hydroxylation is 1. The van der Waals surface area contributed by atoms with Crippen LogP contribution in [0.5, 0.6) is 17.2 Å². The maximum Gasteiger partial charge on any atom is 0.244 e. The van der Waals surface area contributed by atoms with Crippen molar-refractivity contribution in [2.45, 2.75) is 13.5 Å². The van der Waals surface area contributed by atoms with Crippen LogP contribution in [-0.4, -0.2) is 26.2 Å². The summed E-state index contributed by atoms with van der Waals surface area (Å²) in [5.74, 6) is 1.67. The molecule has 2 aromatic carbocycles. The van der Waals surface area contributed by atoms with E-state index in [0.29, 0.717) is 37.0 Å². The van der Waals surface area contributed by atoms with E-state index in [-0.39, 0.29) is 5.91 Å². The molecule has 0 spiro atoms. The zero-order valence-corrected chi connectivity index (χ0v) is 14.4. The average Bonchev–Trinajstić information content (AvgIpc) is 2.65. The normalized spacial score (nSPS) is 12.9. The number of carbonyl (C=O) groups is 1. The lowest BCUT2D eigenvalue weighted by atomic mass is 10.1. The fourth-order valence-electron chi connectivity index (χ4n) is 2.52. The van der Waals surface area contributed by atoms with Gasteiger partial charge in [0.05, 0.1) is 7.11 Å². The smallest absolute Gasteiger partial charge is 0.244 e. The van der Waals surface area contributed by atoms with Gasteiger partial charge >= 0.3 is 0 Å². The van der Waals surface area contributed by atoms with E-state index in [0.717, 1.165) is 11.1 Å². The van der Waals surface area contributed by atoms with Crippen molar-refractivity contribution in [2.75, 3.05) is 20.3 Å². The molecule has 5 nitrogen and oxygen atoms in total. The Kier molecular flexibility index (Phi) is 5.23. The molecule has 0 saturated carbocycles. The quantitative estimate of drug-likeness (QED) is 0.851. The minimum absolute atomic E-state index is 0.158. The third-order valence-electron chi connectivity index (χ3n) is 3.86. The van der Waals surface area contributed by atoms with Gasteiger partial charge in [0, 0.05) is 12.6 Å². The van der Waals surface area contributed by atoms with Crippen molar-refractivity contribution >= 4 is 12.0 Å². The first-order valence-corrected chi connectivity index (χ1v) is 8.15. The maximum atomic E-state index is 12.0. The summed E-state index contributed by atoms with van der Waals surface area (Å²) in [6, 6.07) is 11.7. The van der Waals surface area contributed by atoms with Crippen molar-refractivity contribution in [3.63, 3.8) is 0 Å². The molecule has 25 heavy (non-hydrogen) atoms. The largest absolute Gasteiger partial charge is 0.493 e. The Morgan fingerprint density at radius 2 is 1.96 bits per heavy atom. The minimum atomic E-state index is -0.158. The van der Waals surface area contributed by atoms with Gasteiger partial charge in [0.1, 0.15) is 13.2 Å². The number of amides is 1. The average molecular weight is 339 g/mol. The monoisotopic (exact) mass is 339 g/mol. The highest BCUT2D eigenvalue weighted by molar-refractivity contribution is 5.91. The zero-order chi connectivity index (χ0) is 17.6. The summed E-state index contributed by atoms with van der Waals surface area (Å²) in [5.41, 5.74) is 3.07. The Bertz CT molecular complexity index is 764. The summed E-state index contributed by atoms with van der Waals surface area (Å²) in [5, 5.41) is 2.87. The number of hydrogen-bond donors (Lipinski definition) is 1. The first-order valence-electron chi connectivity index (χ1n) is 8.15. The van der Waals surface area contributed by atoms with Crippen LogP contribution in [0.4, 0.5) is 0 Å². The Balaban J connectivity index is 1.64. The minimum Gasteiger partial charge on any atom is -0.493 e. The number of benzene rings is 2. The van der Waals surface area contributed by atoms with Crippen LogP contribution in [0.25, 0.3) is 6.08 Å². The Labute approximate surface area is 147 Å². The third kappa shape index (κ3) is 4.32. The predicted octanol–water partition coefficient (Wildman–Crippen LogP) is 3.10. The van der Waals surface area contributed by atoms with Crippen molar-refractivity contribution in [3.05, 3.63) is 59.2 Å². The fraction of sp³-hybridized carbons (Fsp3) is 0.250. The number of fused-ring (bicyclic) bond motifs is 1. The molecular formula is C20H21NO4. The van der Waals surface area contributed by atoms with Gasteiger partial charge in [0.15, 0.2) is 11.5 Å². The van der Waals surface area contributed by atoms with Gasteiger partial charge in [0.25, 0.3) is 0 Å². The summed E-state index contributed by atoms with van der Waals surface area (Å²) in [6.07, 6.45) is 3.23. The van der Waals surface area contributed by atoms with E-state index >= 15 is 0 Å². The van der Waals surface area contributed by atoms with Crippen LogP contribution in [0.15, 0.2) is 42.5 Å². The van der Waals surface area contributed by atoms with E-state index in [4.69, 9.17) is 14.2 Å². The third-order valence-corrected chi connectivity index (χ3v) is 3.86. The first-order chi connectivity index (χ1) is 12.2. The molecular weight excluding hydrogens is 318 g/mol. The summed E-state index contributed by atoms with van der Waals surface area (Å²) in [4.78, 5) is 12.0. The zero-order valence-electron chi connectivity index (χ0n) is 14.4. The van der Waals surface area contributed by atoms with Crippen molar-refractivity contribution < 1.29 is 19.0 Å². The molecule has 1 heterocycles. The molecule has 1 amide bonds. The Morgan fingerprint density at radius 3 is 2.72 bits per heavy atom. The van der Waals surface area contributed by atoms with Gasteiger partial charge in [0.2, 0.25) is 11.7 Å². The van der Waals surface area contributed by atoms with Crippen molar-refractivity contribution in [3.8, 4) is 17.2 Å². The molecule has 1 aliphatic heterocycles. The summed E-state index contributed by atoms with van der Waals surface area (Å²) < 4.78 is 16.5. The number of methoxy groups -OCH3 is 1.